The van der Waals surface area contributed by atoms with E-state index in [0.717, 1.165) is 23.2 Å². The monoisotopic (exact) mass is 367 g/mol. The molecule has 3 N–H and O–H groups in total. The third kappa shape index (κ3) is 3.92. The van der Waals surface area contributed by atoms with E-state index in [1.54, 1.807) is 42.2 Å². The minimum absolute atomic E-state index is 0.00660. The summed E-state index contributed by atoms with van der Waals surface area (Å²) in [6.07, 6.45) is 0.736. The van der Waals surface area contributed by atoms with Crippen molar-refractivity contribution in [3.8, 4) is 0 Å². The van der Waals surface area contributed by atoms with Crippen LogP contribution in [0.3, 0.4) is 0 Å². The molecular formula is C20H21N3O4. The van der Waals surface area contributed by atoms with E-state index in [1.807, 2.05) is 6.07 Å². The number of ether oxygens (including phenoxy) is 1. The van der Waals surface area contributed by atoms with E-state index < -0.39 is 18.5 Å². The van der Waals surface area contributed by atoms with Gasteiger partial charge in [-0.2, -0.15) is 0 Å². The van der Waals surface area contributed by atoms with Crippen molar-refractivity contribution in [1.82, 2.24) is 0 Å². The van der Waals surface area contributed by atoms with Gasteiger partial charge in [0.2, 0.25) is 5.91 Å². The Bertz CT molecular complexity index is 923. The second-order valence-electron chi connectivity index (χ2n) is 6.42. The molecule has 0 aromatic heterocycles. The third-order valence-corrected chi connectivity index (χ3v) is 4.52. The zero-order valence-corrected chi connectivity index (χ0v) is 15.2. The van der Waals surface area contributed by atoms with E-state index in [9.17, 15) is 14.4 Å². The second-order valence-corrected chi connectivity index (χ2v) is 6.42. The Balaban J connectivity index is 1.59. The van der Waals surface area contributed by atoms with E-state index in [1.165, 1.54) is 6.92 Å². The Morgan fingerprint density at radius 1 is 1.22 bits per heavy atom. The van der Waals surface area contributed by atoms with Crippen molar-refractivity contribution in [3.63, 3.8) is 0 Å². The number of hydrogen-bond acceptors (Lipinski definition) is 5. The molecule has 140 valence electrons. The number of esters is 1. The quantitative estimate of drug-likeness (QED) is 0.638. The molecular weight excluding hydrogens is 346 g/mol. The van der Waals surface area contributed by atoms with Gasteiger partial charge in [0.1, 0.15) is 0 Å². The topological polar surface area (TPSA) is 102 Å². The molecule has 0 unspecified atom stereocenters. The minimum Gasteiger partial charge on any atom is -0.452 e. The van der Waals surface area contributed by atoms with Crippen LogP contribution in [-0.2, 0) is 20.7 Å². The van der Waals surface area contributed by atoms with Gasteiger partial charge in [0.25, 0.3) is 5.91 Å². The molecule has 0 saturated heterocycles. The molecule has 0 radical (unpaired) electrons. The van der Waals surface area contributed by atoms with Crippen LogP contribution in [0.4, 0.5) is 17.1 Å². The summed E-state index contributed by atoms with van der Waals surface area (Å²) in [6.45, 7) is 3.54. The number of nitrogens with one attached hydrogen (secondary N) is 1. The van der Waals surface area contributed by atoms with Gasteiger partial charge < -0.3 is 20.7 Å². The highest BCUT2D eigenvalue weighted by molar-refractivity contribution is 5.99. The minimum atomic E-state index is -0.641. The number of nitrogens with zero attached hydrogens (tertiary/aromatic N) is 1. The van der Waals surface area contributed by atoms with E-state index in [2.05, 4.69) is 5.32 Å². The Hall–Kier alpha value is -3.35. The van der Waals surface area contributed by atoms with Crippen LogP contribution < -0.4 is 16.0 Å². The van der Waals surface area contributed by atoms with Gasteiger partial charge in [0.15, 0.2) is 6.61 Å². The maximum absolute atomic E-state index is 12.1. The van der Waals surface area contributed by atoms with Crippen LogP contribution in [-0.4, -0.2) is 30.9 Å². The highest BCUT2D eigenvalue weighted by Gasteiger charge is 2.22. The molecule has 2 aromatic carbocycles. The summed E-state index contributed by atoms with van der Waals surface area (Å²) in [5.41, 5.74) is 9.67. The zero-order valence-electron chi connectivity index (χ0n) is 15.2. The number of nitrogen functional groups attached to an aromatic ring is 1. The number of para-hydroxylation sites is 1. The first-order valence-electron chi connectivity index (χ1n) is 8.60. The fourth-order valence-corrected chi connectivity index (χ4v) is 3.07. The first-order valence-corrected chi connectivity index (χ1v) is 8.60. The molecule has 1 heterocycles. The molecule has 0 bridgehead atoms. The van der Waals surface area contributed by atoms with Crippen LogP contribution in [0.2, 0.25) is 0 Å². The van der Waals surface area contributed by atoms with Gasteiger partial charge >= 0.3 is 5.97 Å². The predicted molar refractivity (Wildman–Crippen MR) is 103 cm³/mol. The lowest BCUT2D eigenvalue weighted by Crippen LogP contribution is -2.25. The molecule has 0 aliphatic carbocycles. The number of benzene rings is 2. The van der Waals surface area contributed by atoms with Crippen molar-refractivity contribution in [2.45, 2.75) is 20.3 Å². The lowest BCUT2D eigenvalue weighted by Gasteiger charge is -2.15. The van der Waals surface area contributed by atoms with Crippen LogP contribution in [0, 0.1) is 6.92 Å². The highest BCUT2D eigenvalue weighted by atomic mass is 16.5. The summed E-state index contributed by atoms with van der Waals surface area (Å²) >= 11 is 0. The van der Waals surface area contributed by atoms with Gasteiger partial charge in [0.05, 0.1) is 5.56 Å². The van der Waals surface area contributed by atoms with Gasteiger partial charge in [0, 0.05) is 30.5 Å². The SMILES string of the molecule is CC(=O)N1CCc2cc(NC(=O)COC(=O)c3cccc(C)c3N)ccc21. The Morgan fingerprint density at radius 3 is 2.74 bits per heavy atom. The number of rotatable bonds is 4. The summed E-state index contributed by atoms with van der Waals surface area (Å²) < 4.78 is 5.06. The normalized spacial score (nSPS) is 12.4. The van der Waals surface area contributed by atoms with E-state index in [4.69, 9.17) is 10.5 Å². The highest BCUT2D eigenvalue weighted by Crippen LogP contribution is 2.30. The third-order valence-electron chi connectivity index (χ3n) is 4.52. The predicted octanol–water partition coefficient (Wildman–Crippen LogP) is 2.28. The number of nitrogens with two attached hydrogens (primary N) is 1. The number of fused-ring (bicyclic) bond motifs is 1. The molecule has 0 spiro atoms. The lowest BCUT2D eigenvalue weighted by molar-refractivity contribution is -0.119. The number of carbonyl (C=O) groups is 3. The van der Waals surface area contributed by atoms with Crippen molar-refractivity contribution in [2.24, 2.45) is 0 Å². The molecule has 0 fully saturated rings. The molecule has 27 heavy (non-hydrogen) atoms. The molecule has 3 rings (SSSR count). The number of carbonyl (C=O) groups excluding carboxylic acids is 3. The Labute approximate surface area is 157 Å². The summed E-state index contributed by atoms with van der Waals surface area (Å²) in [5, 5.41) is 2.70. The van der Waals surface area contributed by atoms with Crippen molar-refractivity contribution in [2.75, 3.05) is 29.1 Å². The van der Waals surface area contributed by atoms with E-state index >= 15 is 0 Å². The van der Waals surface area contributed by atoms with Gasteiger partial charge in [-0.15, -0.1) is 0 Å². The fraction of sp³-hybridized carbons (Fsp3) is 0.250. The van der Waals surface area contributed by atoms with Gasteiger partial charge in [-0.25, -0.2) is 4.79 Å². The Kier molecular flexibility index (Phi) is 5.12. The first kappa shape index (κ1) is 18.4. The van der Waals surface area contributed by atoms with Gasteiger partial charge in [-0.3, -0.25) is 9.59 Å². The molecule has 2 amide bonds. The fourth-order valence-electron chi connectivity index (χ4n) is 3.07. The molecule has 2 aromatic rings. The van der Waals surface area contributed by atoms with Crippen molar-refractivity contribution in [1.29, 1.82) is 0 Å². The van der Waals surface area contributed by atoms with Crippen LogP contribution in [0.5, 0.6) is 0 Å². The maximum Gasteiger partial charge on any atom is 0.340 e. The van der Waals surface area contributed by atoms with E-state index in [0.29, 0.717) is 17.9 Å². The summed E-state index contributed by atoms with van der Waals surface area (Å²) in [7, 11) is 0. The summed E-state index contributed by atoms with van der Waals surface area (Å²) in [6, 6.07) is 10.4. The van der Waals surface area contributed by atoms with Crippen LogP contribution in [0.15, 0.2) is 36.4 Å². The zero-order chi connectivity index (χ0) is 19.6. The van der Waals surface area contributed by atoms with Crippen molar-refractivity contribution in [3.05, 3.63) is 53.1 Å². The summed E-state index contributed by atoms with van der Waals surface area (Å²) in [5.74, 6) is -1.10. The number of anilines is 3. The molecule has 7 heteroatoms. The number of hydrogen-bond donors (Lipinski definition) is 2. The van der Waals surface area contributed by atoms with Gasteiger partial charge in [-0.05, 0) is 48.7 Å². The average molecular weight is 367 g/mol. The Morgan fingerprint density at radius 2 is 2.00 bits per heavy atom. The molecule has 1 aliphatic rings. The average Bonchev–Trinajstić information content (AvgIpc) is 3.05. The van der Waals surface area contributed by atoms with Crippen LogP contribution >= 0.6 is 0 Å². The van der Waals surface area contributed by atoms with Crippen molar-refractivity contribution < 1.29 is 19.1 Å². The summed E-state index contributed by atoms with van der Waals surface area (Å²) in [4.78, 5) is 37.5. The molecule has 0 atom stereocenters. The first-order chi connectivity index (χ1) is 12.9. The van der Waals surface area contributed by atoms with Crippen LogP contribution in [0.1, 0.15) is 28.4 Å². The standard InChI is InChI=1S/C20H21N3O4/c1-12-4-3-5-16(19(12)21)20(26)27-11-18(25)22-15-6-7-17-14(10-15)8-9-23(17)13(2)24/h3-7,10H,8-9,11,21H2,1-2H3,(H,22,25). The van der Waals surface area contributed by atoms with Crippen molar-refractivity contribution >= 4 is 34.8 Å². The van der Waals surface area contributed by atoms with Gasteiger partial charge in [-0.1, -0.05) is 12.1 Å². The number of amides is 2. The largest absolute Gasteiger partial charge is 0.452 e. The molecule has 7 nitrogen and oxygen atoms in total. The van der Waals surface area contributed by atoms with E-state index in [-0.39, 0.29) is 11.5 Å². The van der Waals surface area contributed by atoms with Crippen LogP contribution in [0.25, 0.3) is 0 Å². The molecule has 1 aliphatic heterocycles. The maximum atomic E-state index is 12.1. The number of aryl methyl sites for hydroxylation is 1. The molecule has 0 saturated carbocycles. The second kappa shape index (κ2) is 7.49. The lowest BCUT2D eigenvalue weighted by atomic mass is 10.1. The smallest absolute Gasteiger partial charge is 0.340 e.